The smallest absolute Gasteiger partial charge is 0.238 e. The summed E-state index contributed by atoms with van der Waals surface area (Å²) in [4.78, 5) is 16.8. The SMILES string of the molecule is Cc1c(Cl)cccc1NC(=O)CN1CCN(C(C)C)CC1. The normalized spacial score (nSPS) is 17.2. The van der Waals surface area contributed by atoms with E-state index in [9.17, 15) is 4.79 Å². The van der Waals surface area contributed by atoms with Crippen molar-refractivity contribution in [2.24, 2.45) is 0 Å². The Morgan fingerprint density at radius 2 is 1.95 bits per heavy atom. The Morgan fingerprint density at radius 1 is 1.29 bits per heavy atom. The molecule has 0 atom stereocenters. The first-order chi connectivity index (χ1) is 9.97. The fraction of sp³-hybridized carbons (Fsp3) is 0.562. The van der Waals surface area contributed by atoms with Crippen LogP contribution in [0.15, 0.2) is 18.2 Å². The van der Waals surface area contributed by atoms with E-state index >= 15 is 0 Å². The number of amides is 1. The number of anilines is 1. The highest BCUT2D eigenvalue weighted by molar-refractivity contribution is 6.31. The Morgan fingerprint density at radius 3 is 2.57 bits per heavy atom. The minimum absolute atomic E-state index is 0.0263. The number of benzene rings is 1. The standard InChI is InChI=1S/C16H24ClN3O/c1-12(2)20-9-7-19(8-10-20)11-16(21)18-15-6-4-5-14(17)13(15)3/h4-6,12H,7-11H2,1-3H3,(H,18,21). The average molecular weight is 310 g/mol. The molecule has 1 amide bonds. The number of rotatable bonds is 4. The minimum Gasteiger partial charge on any atom is -0.325 e. The lowest BCUT2D eigenvalue weighted by molar-refractivity contribution is -0.117. The topological polar surface area (TPSA) is 35.6 Å². The Labute approximate surface area is 132 Å². The van der Waals surface area contributed by atoms with E-state index in [-0.39, 0.29) is 5.91 Å². The zero-order valence-corrected chi connectivity index (χ0v) is 13.8. The summed E-state index contributed by atoms with van der Waals surface area (Å²) in [6.07, 6.45) is 0. The molecule has 1 heterocycles. The minimum atomic E-state index is 0.0263. The van der Waals surface area contributed by atoms with Crippen molar-refractivity contribution in [1.29, 1.82) is 0 Å². The summed E-state index contributed by atoms with van der Waals surface area (Å²) in [5, 5.41) is 3.63. The predicted octanol–water partition coefficient (Wildman–Crippen LogP) is 2.61. The van der Waals surface area contributed by atoms with E-state index in [2.05, 4.69) is 29.0 Å². The van der Waals surface area contributed by atoms with E-state index in [1.165, 1.54) is 0 Å². The predicted molar refractivity (Wildman–Crippen MR) is 88.0 cm³/mol. The van der Waals surface area contributed by atoms with Gasteiger partial charge in [-0.1, -0.05) is 17.7 Å². The number of carbonyl (C=O) groups is 1. The number of nitrogens with zero attached hydrogens (tertiary/aromatic N) is 2. The lowest BCUT2D eigenvalue weighted by Gasteiger charge is -2.36. The summed E-state index contributed by atoms with van der Waals surface area (Å²) in [6, 6.07) is 6.15. The Balaban J connectivity index is 1.84. The fourth-order valence-electron chi connectivity index (χ4n) is 2.57. The van der Waals surface area contributed by atoms with Crippen molar-refractivity contribution in [2.75, 3.05) is 38.0 Å². The molecule has 0 radical (unpaired) electrons. The van der Waals surface area contributed by atoms with Gasteiger partial charge in [-0.2, -0.15) is 0 Å². The quantitative estimate of drug-likeness (QED) is 0.928. The zero-order chi connectivity index (χ0) is 15.4. The van der Waals surface area contributed by atoms with Gasteiger partial charge in [0.25, 0.3) is 0 Å². The monoisotopic (exact) mass is 309 g/mol. The fourth-order valence-corrected chi connectivity index (χ4v) is 2.75. The van der Waals surface area contributed by atoms with Gasteiger partial charge in [0.15, 0.2) is 0 Å². The molecule has 1 N–H and O–H groups in total. The second kappa shape index (κ2) is 7.25. The van der Waals surface area contributed by atoms with Crippen molar-refractivity contribution in [1.82, 2.24) is 9.80 Å². The van der Waals surface area contributed by atoms with Crippen molar-refractivity contribution in [3.63, 3.8) is 0 Å². The first-order valence-electron chi connectivity index (χ1n) is 7.48. The maximum atomic E-state index is 12.2. The van der Waals surface area contributed by atoms with Crippen LogP contribution in [0.3, 0.4) is 0 Å². The van der Waals surface area contributed by atoms with Crippen LogP contribution in [0.25, 0.3) is 0 Å². The van der Waals surface area contributed by atoms with Crippen molar-refractivity contribution in [3.8, 4) is 0 Å². The first kappa shape index (κ1) is 16.3. The molecule has 0 aromatic heterocycles. The third-order valence-electron chi connectivity index (χ3n) is 4.05. The van der Waals surface area contributed by atoms with E-state index in [1.54, 1.807) is 0 Å². The van der Waals surface area contributed by atoms with Gasteiger partial charge in [-0.15, -0.1) is 0 Å². The zero-order valence-electron chi connectivity index (χ0n) is 13.0. The van der Waals surface area contributed by atoms with Gasteiger partial charge < -0.3 is 5.32 Å². The van der Waals surface area contributed by atoms with Crippen LogP contribution in [0.1, 0.15) is 19.4 Å². The lowest BCUT2D eigenvalue weighted by atomic mass is 10.2. The van der Waals surface area contributed by atoms with Crippen LogP contribution in [0.5, 0.6) is 0 Å². The number of halogens is 1. The van der Waals surface area contributed by atoms with Gasteiger partial charge in [0.05, 0.1) is 6.54 Å². The molecule has 0 aliphatic carbocycles. The molecule has 1 fully saturated rings. The molecule has 1 aromatic carbocycles. The molecule has 21 heavy (non-hydrogen) atoms. The first-order valence-corrected chi connectivity index (χ1v) is 7.86. The molecule has 0 bridgehead atoms. The molecule has 2 rings (SSSR count). The van der Waals surface area contributed by atoms with Crippen molar-refractivity contribution in [3.05, 3.63) is 28.8 Å². The van der Waals surface area contributed by atoms with Crippen LogP contribution < -0.4 is 5.32 Å². The largest absolute Gasteiger partial charge is 0.325 e. The summed E-state index contributed by atoms with van der Waals surface area (Å²) in [7, 11) is 0. The highest BCUT2D eigenvalue weighted by Gasteiger charge is 2.20. The summed E-state index contributed by atoms with van der Waals surface area (Å²) in [5.41, 5.74) is 1.71. The number of carbonyl (C=O) groups excluding carboxylic acids is 1. The van der Waals surface area contributed by atoms with Gasteiger partial charge in [0.1, 0.15) is 0 Å². The van der Waals surface area contributed by atoms with Gasteiger partial charge >= 0.3 is 0 Å². The molecule has 0 unspecified atom stereocenters. The summed E-state index contributed by atoms with van der Waals surface area (Å²) in [5.74, 6) is 0.0263. The van der Waals surface area contributed by atoms with E-state index in [4.69, 9.17) is 11.6 Å². The van der Waals surface area contributed by atoms with Gasteiger partial charge in [0, 0.05) is 42.9 Å². The third kappa shape index (κ3) is 4.43. The van der Waals surface area contributed by atoms with Crippen molar-refractivity contribution >= 4 is 23.2 Å². The van der Waals surface area contributed by atoms with Gasteiger partial charge in [-0.05, 0) is 38.5 Å². The Hall–Kier alpha value is -1.10. The van der Waals surface area contributed by atoms with Crippen LogP contribution in [-0.4, -0.2) is 54.5 Å². The van der Waals surface area contributed by atoms with Gasteiger partial charge in [-0.25, -0.2) is 0 Å². The Bertz CT molecular complexity index is 496. The second-order valence-electron chi connectivity index (χ2n) is 5.87. The average Bonchev–Trinajstić information content (AvgIpc) is 2.44. The molecule has 1 saturated heterocycles. The maximum Gasteiger partial charge on any atom is 0.238 e. The molecular weight excluding hydrogens is 286 g/mol. The number of hydrogen-bond donors (Lipinski definition) is 1. The summed E-state index contributed by atoms with van der Waals surface area (Å²) < 4.78 is 0. The number of nitrogens with one attached hydrogen (secondary N) is 1. The van der Waals surface area contributed by atoms with Crippen LogP contribution in [0, 0.1) is 6.92 Å². The van der Waals surface area contributed by atoms with E-state index in [1.807, 2.05) is 25.1 Å². The maximum absolute atomic E-state index is 12.2. The number of hydrogen-bond acceptors (Lipinski definition) is 3. The van der Waals surface area contributed by atoms with Crippen LogP contribution in [0.4, 0.5) is 5.69 Å². The lowest BCUT2D eigenvalue weighted by Crippen LogP contribution is -2.50. The molecule has 1 aromatic rings. The van der Waals surface area contributed by atoms with Crippen molar-refractivity contribution < 1.29 is 4.79 Å². The summed E-state index contributed by atoms with van der Waals surface area (Å²) in [6.45, 7) is 10.7. The van der Waals surface area contributed by atoms with E-state index in [0.29, 0.717) is 17.6 Å². The molecule has 0 saturated carbocycles. The van der Waals surface area contributed by atoms with Crippen LogP contribution in [-0.2, 0) is 4.79 Å². The molecule has 5 heteroatoms. The van der Waals surface area contributed by atoms with Crippen LogP contribution in [0.2, 0.25) is 5.02 Å². The van der Waals surface area contributed by atoms with Gasteiger partial charge in [0.2, 0.25) is 5.91 Å². The van der Waals surface area contributed by atoms with Crippen LogP contribution >= 0.6 is 11.6 Å². The second-order valence-corrected chi connectivity index (χ2v) is 6.27. The molecule has 1 aliphatic rings. The molecule has 1 aliphatic heterocycles. The summed E-state index contributed by atoms with van der Waals surface area (Å²) >= 11 is 6.07. The molecule has 4 nitrogen and oxygen atoms in total. The molecule has 0 spiro atoms. The highest BCUT2D eigenvalue weighted by Crippen LogP contribution is 2.22. The molecular formula is C16H24ClN3O. The van der Waals surface area contributed by atoms with E-state index < -0.39 is 0 Å². The van der Waals surface area contributed by atoms with Crippen molar-refractivity contribution in [2.45, 2.75) is 26.8 Å². The third-order valence-corrected chi connectivity index (χ3v) is 4.46. The van der Waals surface area contributed by atoms with E-state index in [0.717, 1.165) is 37.4 Å². The Kier molecular flexibility index (Phi) is 5.62. The molecule has 116 valence electrons. The highest BCUT2D eigenvalue weighted by atomic mass is 35.5. The number of piperazine rings is 1. The van der Waals surface area contributed by atoms with Gasteiger partial charge in [-0.3, -0.25) is 14.6 Å².